The van der Waals surface area contributed by atoms with Crippen LogP contribution in [0.4, 0.5) is 0 Å². The van der Waals surface area contributed by atoms with Gasteiger partial charge >= 0.3 is 5.69 Å². The Labute approximate surface area is 78.1 Å². The molecule has 2 aromatic rings. The van der Waals surface area contributed by atoms with Gasteiger partial charge in [-0.25, -0.2) is 9.78 Å². The van der Waals surface area contributed by atoms with Gasteiger partial charge in [0, 0.05) is 18.1 Å². The van der Waals surface area contributed by atoms with Crippen molar-refractivity contribution in [3.63, 3.8) is 0 Å². The maximum absolute atomic E-state index is 11.7. The van der Waals surface area contributed by atoms with Crippen LogP contribution >= 0.6 is 0 Å². The molecule has 0 radical (unpaired) electrons. The maximum Gasteiger partial charge on any atom is 0.332 e. The van der Waals surface area contributed by atoms with Crippen molar-refractivity contribution in [2.75, 3.05) is 0 Å². The fourth-order valence-electron chi connectivity index (χ4n) is 1.05. The van der Waals surface area contributed by atoms with Gasteiger partial charge in [-0.2, -0.15) is 0 Å². The summed E-state index contributed by atoms with van der Waals surface area (Å²) in [5.41, 5.74) is -2.21. The molecule has 0 fully saturated rings. The van der Waals surface area contributed by atoms with Gasteiger partial charge in [-0.1, -0.05) is 0 Å². The molecule has 2 rings (SSSR count). The third-order valence-corrected chi connectivity index (χ3v) is 1.77. The number of nitrogens with one attached hydrogen (secondary N) is 1. The Morgan fingerprint density at radius 3 is 3.08 bits per heavy atom. The second-order valence-electron chi connectivity index (χ2n) is 2.53. The van der Waals surface area contributed by atoms with Crippen molar-refractivity contribution in [1.82, 2.24) is 19.1 Å². The molecular weight excluding hydrogens is 172 g/mol. The van der Waals surface area contributed by atoms with Gasteiger partial charge < -0.3 is 4.98 Å². The van der Waals surface area contributed by atoms with Crippen molar-refractivity contribution in [1.29, 1.82) is 0 Å². The van der Waals surface area contributed by atoms with Crippen molar-refractivity contribution in [3.8, 4) is 0 Å². The van der Waals surface area contributed by atoms with Gasteiger partial charge in [-0.15, -0.1) is 0 Å². The van der Waals surface area contributed by atoms with Gasteiger partial charge in [0.1, 0.15) is 6.89 Å². The van der Waals surface area contributed by atoms with Crippen LogP contribution < -0.4 is 11.2 Å². The lowest BCUT2D eigenvalue weighted by atomic mass is 10.5. The maximum atomic E-state index is 11.7. The van der Waals surface area contributed by atoms with Gasteiger partial charge in [0.15, 0.2) is 5.65 Å². The molecule has 6 heteroatoms. The summed E-state index contributed by atoms with van der Waals surface area (Å²) < 4.78 is 30.0. The Morgan fingerprint density at radius 1 is 1.62 bits per heavy atom. The summed E-state index contributed by atoms with van der Waals surface area (Å²) in [7, 11) is 1.16. The zero-order valence-electron chi connectivity index (χ0n) is 10.7. The second-order valence-corrected chi connectivity index (χ2v) is 2.53. The number of rotatable bonds is 0. The number of hydrogen-bond donors (Lipinski definition) is 1. The van der Waals surface area contributed by atoms with Crippen LogP contribution in [0.5, 0.6) is 0 Å². The molecule has 1 N–H and O–H groups in total. The average Bonchev–Trinajstić information content (AvgIpc) is 2.54. The molecule has 0 amide bonds. The zero-order chi connectivity index (χ0) is 13.0. The molecule has 0 aliphatic carbocycles. The van der Waals surface area contributed by atoms with Crippen LogP contribution in [0.2, 0.25) is 0 Å². The predicted molar refractivity (Wildman–Crippen MR) is 46.6 cm³/mol. The minimum Gasteiger partial charge on any atom is -0.339 e. The first-order chi connectivity index (χ1) is 7.73. The van der Waals surface area contributed by atoms with Crippen molar-refractivity contribution in [2.45, 2.75) is 0 Å². The molecule has 2 heterocycles. The van der Waals surface area contributed by atoms with E-state index in [1.807, 2.05) is 0 Å². The standard InChI is InChI=1S/C7H8N4O2/c1-10-5-4(8-3-9-5)6(12)11(2)7(10)13/h3H,1-2H3,(H,8,9)/i1D3,3D. The van der Waals surface area contributed by atoms with Crippen LogP contribution in [0, 0.1) is 0 Å². The summed E-state index contributed by atoms with van der Waals surface area (Å²) in [6.45, 7) is -2.76. The summed E-state index contributed by atoms with van der Waals surface area (Å²) in [5, 5.41) is 0. The Hall–Kier alpha value is -1.85. The van der Waals surface area contributed by atoms with E-state index >= 15 is 0 Å². The van der Waals surface area contributed by atoms with Gasteiger partial charge in [-0.3, -0.25) is 13.9 Å². The summed E-state index contributed by atoms with van der Waals surface area (Å²) in [6, 6.07) is 0. The van der Waals surface area contributed by atoms with Gasteiger partial charge in [0.25, 0.3) is 5.56 Å². The average molecular weight is 184 g/mol. The van der Waals surface area contributed by atoms with Gasteiger partial charge in [0.2, 0.25) is 0 Å². The topological polar surface area (TPSA) is 72.7 Å². The van der Waals surface area contributed by atoms with E-state index in [1.165, 1.54) is 0 Å². The van der Waals surface area contributed by atoms with Gasteiger partial charge in [0.05, 0.1) is 6.30 Å². The Bertz CT molecular complexity index is 707. The Kier molecular flexibility index (Phi) is 0.785. The molecule has 0 aliphatic rings. The molecule has 2 aromatic heterocycles. The minimum absolute atomic E-state index is 0.173. The molecule has 0 aromatic carbocycles. The van der Waals surface area contributed by atoms with E-state index in [0.717, 1.165) is 7.05 Å². The normalized spacial score (nSPS) is 16.4. The lowest BCUT2D eigenvalue weighted by Crippen LogP contribution is -2.36. The Morgan fingerprint density at radius 2 is 2.38 bits per heavy atom. The van der Waals surface area contributed by atoms with E-state index in [-0.39, 0.29) is 17.5 Å². The number of aryl methyl sites for hydroxylation is 1. The fourth-order valence-corrected chi connectivity index (χ4v) is 1.05. The molecule has 13 heavy (non-hydrogen) atoms. The largest absolute Gasteiger partial charge is 0.339 e. The monoisotopic (exact) mass is 184 g/mol. The molecular formula is C7H8N4O2. The molecule has 6 nitrogen and oxygen atoms in total. The first-order valence-electron chi connectivity index (χ1n) is 5.42. The Balaban J connectivity index is 3.12. The summed E-state index contributed by atoms with van der Waals surface area (Å²) in [5.74, 6) is 0. The van der Waals surface area contributed by atoms with E-state index in [9.17, 15) is 9.59 Å². The van der Waals surface area contributed by atoms with E-state index in [4.69, 9.17) is 5.48 Å². The SMILES string of the molecule is [2H]c1nc2c([nH]1)c(=O)n(C)c(=O)n2C([2H])([2H])[2H]. The quantitative estimate of drug-likeness (QED) is 0.568. The van der Waals surface area contributed by atoms with Crippen LogP contribution in [0.15, 0.2) is 15.9 Å². The van der Waals surface area contributed by atoms with Crippen molar-refractivity contribution in [2.24, 2.45) is 14.0 Å². The smallest absolute Gasteiger partial charge is 0.332 e. The van der Waals surface area contributed by atoms with Crippen LogP contribution in [0.1, 0.15) is 5.48 Å². The zero-order valence-corrected chi connectivity index (χ0v) is 6.66. The van der Waals surface area contributed by atoms with E-state index in [1.54, 1.807) is 0 Å². The van der Waals surface area contributed by atoms with E-state index in [2.05, 4.69) is 9.97 Å². The highest BCUT2D eigenvalue weighted by Gasteiger charge is 2.08. The second kappa shape index (κ2) is 2.32. The highest BCUT2D eigenvalue weighted by Crippen LogP contribution is 1.97. The van der Waals surface area contributed by atoms with Gasteiger partial charge in [-0.05, 0) is 0 Å². The molecule has 0 saturated heterocycles. The summed E-state index contributed by atoms with van der Waals surface area (Å²) >= 11 is 0. The molecule has 0 bridgehead atoms. The van der Waals surface area contributed by atoms with Crippen LogP contribution in [0.25, 0.3) is 11.2 Å². The van der Waals surface area contributed by atoms with Crippen LogP contribution in [-0.4, -0.2) is 19.1 Å². The third-order valence-electron chi connectivity index (χ3n) is 1.77. The lowest BCUT2D eigenvalue weighted by molar-refractivity contribution is 0.709. The highest BCUT2D eigenvalue weighted by molar-refractivity contribution is 5.68. The number of hydrogen-bond acceptors (Lipinski definition) is 3. The third kappa shape index (κ3) is 0.851. The number of fused-ring (bicyclic) bond motifs is 1. The molecule has 0 unspecified atom stereocenters. The predicted octanol–water partition coefficient (Wildman–Crippen LogP) is -1.04. The van der Waals surface area contributed by atoms with E-state index in [0.29, 0.717) is 9.13 Å². The minimum atomic E-state index is -2.76. The van der Waals surface area contributed by atoms with Crippen molar-refractivity contribution >= 4 is 11.2 Å². The highest BCUT2D eigenvalue weighted by atomic mass is 16.2. The fraction of sp³-hybridized carbons (Fsp3) is 0.286. The van der Waals surface area contributed by atoms with Crippen molar-refractivity contribution < 1.29 is 5.48 Å². The molecule has 0 spiro atoms. The number of nitrogens with zero attached hydrogens (tertiary/aromatic N) is 3. The molecule has 0 atom stereocenters. The van der Waals surface area contributed by atoms with Crippen molar-refractivity contribution in [3.05, 3.63) is 27.1 Å². The molecule has 68 valence electrons. The number of imidazole rings is 1. The lowest BCUT2D eigenvalue weighted by Gasteiger charge is -2.00. The summed E-state index contributed by atoms with van der Waals surface area (Å²) in [4.78, 5) is 29.2. The first-order valence-corrected chi connectivity index (χ1v) is 3.42. The number of aromatic nitrogens is 4. The molecule has 0 aliphatic heterocycles. The first kappa shape index (κ1) is 4.40. The van der Waals surface area contributed by atoms with E-state index < -0.39 is 18.2 Å². The number of H-pyrrole nitrogens is 1. The number of aromatic amines is 1. The van der Waals surface area contributed by atoms with Crippen LogP contribution in [0.3, 0.4) is 0 Å². The summed E-state index contributed by atoms with van der Waals surface area (Å²) in [6.07, 6.45) is -0.374. The molecule has 0 saturated carbocycles. The van der Waals surface area contributed by atoms with Crippen LogP contribution in [-0.2, 0) is 14.0 Å².